The molecule has 0 saturated carbocycles. The van der Waals surface area contributed by atoms with E-state index >= 15 is 0 Å². The van der Waals surface area contributed by atoms with Crippen molar-refractivity contribution in [2.75, 3.05) is 0 Å². The molecule has 0 N–H and O–H groups in total. The van der Waals surface area contributed by atoms with E-state index in [1.807, 2.05) is 6.08 Å². The summed E-state index contributed by atoms with van der Waals surface area (Å²) in [6.07, 6.45) is 5.09. The highest BCUT2D eigenvalue weighted by Gasteiger charge is 2.40. The third-order valence-electron chi connectivity index (χ3n) is 4.53. The van der Waals surface area contributed by atoms with E-state index in [-0.39, 0.29) is 18.0 Å². The minimum atomic E-state index is -0.205. The van der Waals surface area contributed by atoms with Crippen LogP contribution in [0.1, 0.15) is 36.3 Å². The monoisotopic (exact) mass is 264 g/mol. The molecule has 0 amide bonds. The van der Waals surface area contributed by atoms with Crippen LogP contribution in [0, 0.1) is 0 Å². The average Bonchev–Trinajstić information content (AvgIpc) is 2.77. The van der Waals surface area contributed by atoms with Crippen molar-refractivity contribution in [1.82, 2.24) is 0 Å². The van der Waals surface area contributed by atoms with Crippen LogP contribution >= 0.6 is 0 Å². The molecule has 0 radical (unpaired) electrons. The number of allylic oxidation sites excluding steroid dienone is 1. The molecule has 0 fully saturated rings. The Bertz CT molecular complexity index is 724. The molecule has 2 aliphatic rings. The van der Waals surface area contributed by atoms with E-state index in [4.69, 9.17) is 4.74 Å². The van der Waals surface area contributed by atoms with E-state index in [9.17, 15) is 4.79 Å². The zero-order chi connectivity index (χ0) is 13.7. The Labute approximate surface area is 118 Å². The van der Waals surface area contributed by atoms with Crippen molar-refractivity contribution >= 4 is 16.7 Å². The fraction of sp³-hybridized carbons (Fsp3) is 0.278. The van der Waals surface area contributed by atoms with Gasteiger partial charge in [0.05, 0.1) is 0 Å². The molecule has 20 heavy (non-hydrogen) atoms. The lowest BCUT2D eigenvalue weighted by atomic mass is 9.79. The van der Waals surface area contributed by atoms with Gasteiger partial charge in [-0.15, -0.1) is 0 Å². The first-order valence-electron chi connectivity index (χ1n) is 7.11. The predicted molar refractivity (Wildman–Crippen MR) is 78.7 cm³/mol. The average molecular weight is 264 g/mol. The van der Waals surface area contributed by atoms with Gasteiger partial charge in [0.25, 0.3) is 0 Å². The zero-order valence-electron chi connectivity index (χ0n) is 11.4. The molecule has 3 atom stereocenters. The second-order valence-electron chi connectivity index (χ2n) is 5.66. The Morgan fingerprint density at radius 2 is 1.90 bits per heavy atom. The van der Waals surface area contributed by atoms with Gasteiger partial charge in [-0.2, -0.15) is 0 Å². The van der Waals surface area contributed by atoms with E-state index < -0.39 is 0 Å². The summed E-state index contributed by atoms with van der Waals surface area (Å²) in [5.41, 5.74) is 2.74. The topological polar surface area (TPSA) is 26.3 Å². The summed E-state index contributed by atoms with van der Waals surface area (Å²) < 4.78 is 5.54. The molecule has 0 aliphatic heterocycles. The van der Waals surface area contributed by atoms with Crippen LogP contribution in [0.5, 0.6) is 0 Å². The van der Waals surface area contributed by atoms with E-state index in [1.54, 1.807) is 0 Å². The SMILES string of the molecule is CC(=O)OC1C=CCC2c3cccc4cccc(c34)C12. The van der Waals surface area contributed by atoms with Crippen LogP contribution in [0.4, 0.5) is 0 Å². The summed E-state index contributed by atoms with van der Waals surface area (Å²) in [5.74, 6) is 0.499. The largest absolute Gasteiger partial charge is 0.458 e. The fourth-order valence-corrected chi connectivity index (χ4v) is 3.86. The van der Waals surface area contributed by atoms with Crippen molar-refractivity contribution in [3.63, 3.8) is 0 Å². The molecule has 3 unspecified atom stereocenters. The van der Waals surface area contributed by atoms with E-state index in [2.05, 4.69) is 42.5 Å². The van der Waals surface area contributed by atoms with Gasteiger partial charge in [0, 0.05) is 12.8 Å². The van der Waals surface area contributed by atoms with Crippen molar-refractivity contribution in [3.8, 4) is 0 Å². The minimum Gasteiger partial charge on any atom is -0.458 e. The summed E-state index contributed by atoms with van der Waals surface area (Å²) in [5, 5.41) is 2.65. The molecule has 0 aromatic heterocycles. The number of carbonyl (C=O) groups excluding carboxylic acids is 1. The van der Waals surface area contributed by atoms with Crippen LogP contribution < -0.4 is 0 Å². The molecule has 2 heteroatoms. The Morgan fingerprint density at radius 1 is 1.15 bits per heavy atom. The van der Waals surface area contributed by atoms with Crippen molar-refractivity contribution in [2.24, 2.45) is 0 Å². The van der Waals surface area contributed by atoms with Crippen LogP contribution in [0.2, 0.25) is 0 Å². The maximum absolute atomic E-state index is 11.4. The van der Waals surface area contributed by atoms with Crippen molar-refractivity contribution in [1.29, 1.82) is 0 Å². The normalized spacial score (nSPS) is 26.6. The molecular formula is C18H16O2. The molecule has 2 nitrogen and oxygen atoms in total. The highest BCUT2D eigenvalue weighted by Crippen LogP contribution is 2.52. The molecule has 0 bridgehead atoms. The third kappa shape index (κ3) is 1.54. The quantitative estimate of drug-likeness (QED) is 0.576. The van der Waals surface area contributed by atoms with Gasteiger partial charge in [-0.05, 0) is 40.3 Å². The second-order valence-corrected chi connectivity index (χ2v) is 5.66. The Balaban J connectivity index is 1.91. The van der Waals surface area contributed by atoms with Crippen LogP contribution in [0.3, 0.4) is 0 Å². The Kier molecular flexibility index (Phi) is 2.46. The third-order valence-corrected chi connectivity index (χ3v) is 4.53. The van der Waals surface area contributed by atoms with Gasteiger partial charge in [-0.3, -0.25) is 4.79 Å². The number of ether oxygens (including phenoxy) is 1. The van der Waals surface area contributed by atoms with Crippen LogP contribution in [0.25, 0.3) is 10.8 Å². The van der Waals surface area contributed by atoms with Gasteiger partial charge in [-0.1, -0.05) is 42.5 Å². The Morgan fingerprint density at radius 3 is 2.65 bits per heavy atom. The van der Waals surface area contributed by atoms with Gasteiger partial charge >= 0.3 is 5.97 Å². The highest BCUT2D eigenvalue weighted by molar-refractivity contribution is 5.92. The summed E-state index contributed by atoms with van der Waals surface area (Å²) in [7, 11) is 0. The standard InChI is InChI=1S/C18H16O2/c1-11(19)20-16-10-4-8-14-13-7-2-5-12-6-3-9-15(17(12)13)18(14)16/h2-7,9-10,14,16,18H,8H2,1H3. The highest BCUT2D eigenvalue weighted by atomic mass is 16.5. The van der Waals surface area contributed by atoms with Crippen molar-refractivity contribution < 1.29 is 9.53 Å². The molecule has 100 valence electrons. The second kappa shape index (κ2) is 4.20. The lowest BCUT2D eigenvalue weighted by Crippen LogP contribution is -2.27. The minimum absolute atomic E-state index is 0.135. The molecule has 0 saturated heterocycles. The number of carbonyl (C=O) groups is 1. The molecule has 4 rings (SSSR count). The maximum atomic E-state index is 11.4. The van der Waals surface area contributed by atoms with Gasteiger partial charge in [0.2, 0.25) is 0 Å². The van der Waals surface area contributed by atoms with E-state index in [1.165, 1.54) is 28.8 Å². The first-order chi connectivity index (χ1) is 9.75. The first-order valence-corrected chi connectivity index (χ1v) is 7.11. The molecule has 2 aromatic carbocycles. The maximum Gasteiger partial charge on any atom is 0.303 e. The zero-order valence-corrected chi connectivity index (χ0v) is 11.4. The lowest BCUT2D eigenvalue weighted by Gasteiger charge is -2.30. The molecular weight excluding hydrogens is 248 g/mol. The number of hydrogen-bond acceptors (Lipinski definition) is 2. The van der Waals surface area contributed by atoms with Crippen LogP contribution in [0.15, 0.2) is 48.6 Å². The summed E-state index contributed by atoms with van der Waals surface area (Å²) in [6, 6.07) is 13.0. The van der Waals surface area contributed by atoms with Gasteiger partial charge < -0.3 is 4.74 Å². The van der Waals surface area contributed by atoms with Crippen molar-refractivity contribution in [3.05, 3.63) is 59.7 Å². The summed E-state index contributed by atoms with van der Waals surface area (Å²) in [6.45, 7) is 1.49. The van der Waals surface area contributed by atoms with Crippen LogP contribution in [-0.4, -0.2) is 12.1 Å². The molecule has 2 aromatic rings. The molecule has 2 aliphatic carbocycles. The number of hydrogen-bond donors (Lipinski definition) is 0. The smallest absolute Gasteiger partial charge is 0.303 e. The number of benzene rings is 2. The van der Waals surface area contributed by atoms with Crippen molar-refractivity contribution in [2.45, 2.75) is 31.3 Å². The predicted octanol–water partition coefficient (Wildman–Crippen LogP) is 3.91. The van der Waals surface area contributed by atoms with Gasteiger partial charge in [0.15, 0.2) is 0 Å². The lowest BCUT2D eigenvalue weighted by molar-refractivity contribution is -0.145. The number of fused-ring (bicyclic) bond motifs is 3. The number of esters is 1. The van der Waals surface area contributed by atoms with Gasteiger partial charge in [0.1, 0.15) is 6.10 Å². The molecule has 0 spiro atoms. The van der Waals surface area contributed by atoms with Gasteiger partial charge in [-0.25, -0.2) is 0 Å². The molecule has 0 heterocycles. The Hall–Kier alpha value is -2.09. The van der Waals surface area contributed by atoms with Crippen LogP contribution in [-0.2, 0) is 9.53 Å². The first kappa shape index (κ1) is 11.7. The summed E-state index contributed by atoms with van der Waals surface area (Å²) >= 11 is 0. The van der Waals surface area contributed by atoms with E-state index in [0.29, 0.717) is 5.92 Å². The number of rotatable bonds is 1. The summed E-state index contributed by atoms with van der Waals surface area (Å²) in [4.78, 5) is 11.4. The fourth-order valence-electron chi connectivity index (χ4n) is 3.86. The van der Waals surface area contributed by atoms with E-state index in [0.717, 1.165) is 6.42 Å².